The highest BCUT2D eigenvalue weighted by Gasteiger charge is 2.44. The molecular formula is C61H94N10O11. The van der Waals surface area contributed by atoms with Gasteiger partial charge in [-0.15, -0.1) is 0 Å². The Hall–Kier alpha value is -6.90. The smallest absolute Gasteiger partial charge is 0.254 e. The maximum atomic E-state index is 15.2. The van der Waals surface area contributed by atoms with Gasteiger partial charge in [-0.3, -0.25) is 47.9 Å². The van der Waals surface area contributed by atoms with E-state index >= 15 is 4.79 Å². The molecule has 0 spiro atoms. The minimum atomic E-state index is -1.86. The van der Waals surface area contributed by atoms with Crippen molar-refractivity contribution in [2.75, 3.05) is 48.3 Å². The summed E-state index contributed by atoms with van der Waals surface area (Å²) in [6, 6.07) is 5.20. The predicted molar refractivity (Wildman–Crippen MR) is 312 cm³/mol. The van der Waals surface area contributed by atoms with Crippen LogP contribution in [0.2, 0.25) is 0 Å². The van der Waals surface area contributed by atoms with Crippen LogP contribution in [0, 0.1) is 23.7 Å². The highest BCUT2D eigenvalue weighted by atomic mass is 16.3. The summed E-state index contributed by atoms with van der Waals surface area (Å²) in [5, 5.41) is 22.3. The molecule has 2 fully saturated rings. The second-order valence-electron chi connectivity index (χ2n) is 24.1. The van der Waals surface area contributed by atoms with E-state index in [0.29, 0.717) is 37.1 Å². The Morgan fingerprint density at radius 3 is 1.37 bits per heavy atom. The van der Waals surface area contributed by atoms with Crippen LogP contribution in [0.4, 0.5) is 0 Å². The molecular weight excluding hydrogens is 1050 g/mol. The zero-order chi connectivity index (χ0) is 61.4. The van der Waals surface area contributed by atoms with E-state index in [9.17, 15) is 48.3 Å². The van der Waals surface area contributed by atoms with Crippen LogP contribution in [0.1, 0.15) is 119 Å². The lowest BCUT2D eigenvalue weighted by Gasteiger charge is -2.38. The monoisotopic (exact) mass is 1140 g/mol. The van der Waals surface area contributed by atoms with E-state index in [-0.39, 0.29) is 49.9 Å². The quantitative estimate of drug-likeness (QED) is 0.182. The summed E-state index contributed by atoms with van der Waals surface area (Å²) < 4.78 is 0. The molecule has 2 aliphatic rings. The highest BCUT2D eigenvalue weighted by molar-refractivity contribution is 6.09. The standard InChI is InChI=1S/C61H94N10O11/c1-36(2)31-44-57(78)67(12)47(34-42-25-19-16-20-26-42)54(75)64-50(41(10)72)60(81)66(11)40(9)56(77)70(15)48(35-43-27-21-17-22-28-43)58(79)68(13)46(33-38(5)6)53(74)65-51(61(82)71-29-23-18-24-30-71)55(76)63-49(39(7)8)59(80)69(14)45(32-37(3)4)52(73)62-44/h16-17,19-22,25-28,36-41,44-51,72H,18,23-24,29-35H2,1-15H3,(H,62,73)(H,63,76)(H,64,75)(H,65,74)/t40-,41+,44-,45-,46-,47-,48-,49?,50-,51?/m0/s1. The number of likely N-dealkylation sites (N-methyl/N-ethyl adjacent to an activating group) is 5. The summed E-state index contributed by atoms with van der Waals surface area (Å²) in [6.45, 7) is 17.9. The van der Waals surface area contributed by atoms with Gasteiger partial charge in [-0.1, -0.05) is 116 Å². The van der Waals surface area contributed by atoms with Gasteiger partial charge in [0.25, 0.3) is 11.8 Å². The molecule has 2 aromatic carbocycles. The second-order valence-corrected chi connectivity index (χ2v) is 24.1. The van der Waals surface area contributed by atoms with Crippen LogP contribution in [-0.2, 0) is 60.8 Å². The average molecular weight is 1140 g/mol. The molecule has 0 aromatic heterocycles. The number of carbonyl (C=O) groups is 10. The Labute approximate surface area is 486 Å². The van der Waals surface area contributed by atoms with E-state index in [0.717, 1.165) is 11.3 Å². The van der Waals surface area contributed by atoms with Crippen LogP contribution in [0.3, 0.4) is 0 Å². The SMILES string of the molecule is CC(C)C[C@@H]1NC(=O)[C@H](CC(C)C)N(C)C(=O)C(C(C)C)NC(=O)C(C(=O)N2CCCCC2)NC(=O)[C@H](CC(C)C)N(C)C(=O)[C@H](Cc2ccccc2)N(C)C(=O)[C@H](C)N(C)C(=O)[C@H]([C@@H](C)O)NC(=O)[C@H](Cc2ccccc2)N(C)C1=O. The Morgan fingerprint density at radius 1 is 0.476 bits per heavy atom. The van der Waals surface area contributed by atoms with E-state index in [1.807, 2.05) is 41.5 Å². The molecule has 10 amide bonds. The molecule has 21 nitrogen and oxygen atoms in total. The third kappa shape index (κ3) is 18.0. The normalized spacial score (nSPS) is 25.9. The van der Waals surface area contributed by atoms with Gasteiger partial charge in [0.1, 0.15) is 48.3 Å². The first-order valence-electron chi connectivity index (χ1n) is 29.1. The molecule has 0 bridgehead atoms. The number of rotatable bonds is 13. The van der Waals surface area contributed by atoms with Crippen molar-refractivity contribution >= 4 is 59.1 Å². The summed E-state index contributed by atoms with van der Waals surface area (Å²) in [4.78, 5) is 156. The van der Waals surface area contributed by atoms with Crippen LogP contribution in [0.5, 0.6) is 0 Å². The molecule has 0 aliphatic carbocycles. The maximum Gasteiger partial charge on any atom is 0.254 e. The van der Waals surface area contributed by atoms with Gasteiger partial charge in [0.05, 0.1) is 6.10 Å². The van der Waals surface area contributed by atoms with Gasteiger partial charge in [-0.25, -0.2) is 0 Å². The first-order chi connectivity index (χ1) is 38.5. The van der Waals surface area contributed by atoms with Gasteiger partial charge >= 0.3 is 0 Å². The number of nitrogens with zero attached hydrogens (tertiary/aromatic N) is 6. The van der Waals surface area contributed by atoms with Gasteiger partial charge in [0.2, 0.25) is 47.3 Å². The molecule has 10 atom stereocenters. The van der Waals surface area contributed by atoms with Gasteiger partial charge in [-0.2, -0.15) is 0 Å². The lowest BCUT2D eigenvalue weighted by molar-refractivity contribution is -0.153. The van der Waals surface area contributed by atoms with E-state index < -0.39 is 125 Å². The molecule has 21 heteroatoms. The molecule has 5 N–H and O–H groups in total. The Balaban J connectivity index is 1.97. The summed E-state index contributed by atoms with van der Waals surface area (Å²) in [5.41, 5.74) is 1.31. The third-order valence-electron chi connectivity index (χ3n) is 15.7. The Kier molecular flexibility index (Phi) is 25.5. The zero-order valence-corrected chi connectivity index (χ0v) is 51.1. The van der Waals surface area contributed by atoms with Crippen LogP contribution in [-0.4, -0.2) is 202 Å². The number of hydrogen-bond donors (Lipinski definition) is 5. The maximum absolute atomic E-state index is 15.2. The first kappa shape index (κ1) is 67.6. The van der Waals surface area contributed by atoms with Crippen LogP contribution in [0.15, 0.2) is 60.7 Å². The van der Waals surface area contributed by atoms with Crippen molar-refractivity contribution in [1.82, 2.24) is 50.7 Å². The summed E-state index contributed by atoms with van der Waals surface area (Å²) in [5.74, 6) is -8.84. The molecule has 4 rings (SSSR count). The van der Waals surface area contributed by atoms with Crippen LogP contribution in [0.25, 0.3) is 0 Å². The Bertz CT molecular complexity index is 2520. The predicted octanol–water partition coefficient (Wildman–Crippen LogP) is 2.77. The van der Waals surface area contributed by atoms with Crippen LogP contribution >= 0.6 is 0 Å². The number of piperidine rings is 1. The number of amides is 10. The average Bonchev–Trinajstić information content (AvgIpc) is 3.58. The van der Waals surface area contributed by atoms with E-state index in [1.54, 1.807) is 74.5 Å². The number of aliphatic hydroxyl groups is 1. The minimum Gasteiger partial charge on any atom is -0.391 e. The highest BCUT2D eigenvalue weighted by Crippen LogP contribution is 2.22. The number of likely N-dealkylation sites (tertiary alicyclic amines) is 1. The lowest BCUT2D eigenvalue weighted by atomic mass is 9.96. The largest absolute Gasteiger partial charge is 0.391 e. The number of carbonyl (C=O) groups excluding carboxylic acids is 10. The summed E-state index contributed by atoms with van der Waals surface area (Å²) in [7, 11) is 6.98. The summed E-state index contributed by atoms with van der Waals surface area (Å²) in [6.07, 6.45) is 0.811. The van der Waals surface area contributed by atoms with Crippen molar-refractivity contribution in [3.63, 3.8) is 0 Å². The van der Waals surface area contributed by atoms with Gasteiger partial charge in [0.15, 0.2) is 6.04 Å². The number of hydrogen-bond acceptors (Lipinski definition) is 11. The van der Waals surface area contributed by atoms with Crippen molar-refractivity contribution in [1.29, 1.82) is 0 Å². The topological polar surface area (TPSA) is 258 Å². The first-order valence-corrected chi connectivity index (χ1v) is 29.1. The fourth-order valence-corrected chi connectivity index (χ4v) is 10.6. The minimum absolute atomic E-state index is 0.0389. The van der Waals surface area contributed by atoms with Crippen molar-refractivity contribution < 1.29 is 53.1 Å². The van der Waals surface area contributed by atoms with E-state index in [1.165, 1.54) is 73.6 Å². The zero-order valence-electron chi connectivity index (χ0n) is 51.1. The molecule has 2 unspecified atom stereocenters. The fraction of sp³-hybridized carbons (Fsp3) is 0.639. The third-order valence-corrected chi connectivity index (χ3v) is 15.7. The molecule has 82 heavy (non-hydrogen) atoms. The van der Waals surface area contributed by atoms with Gasteiger partial charge in [-0.05, 0) is 87.2 Å². The van der Waals surface area contributed by atoms with Crippen molar-refractivity contribution in [2.45, 2.75) is 181 Å². The summed E-state index contributed by atoms with van der Waals surface area (Å²) >= 11 is 0. The molecule has 0 radical (unpaired) electrons. The van der Waals surface area contributed by atoms with E-state index in [4.69, 9.17) is 0 Å². The molecule has 2 aromatic rings. The lowest BCUT2D eigenvalue weighted by Crippen LogP contribution is -2.64. The molecule has 2 aliphatic heterocycles. The van der Waals surface area contributed by atoms with E-state index in [2.05, 4.69) is 21.3 Å². The van der Waals surface area contributed by atoms with Crippen molar-refractivity contribution in [2.24, 2.45) is 23.7 Å². The van der Waals surface area contributed by atoms with Gasteiger partial charge < -0.3 is 55.8 Å². The van der Waals surface area contributed by atoms with Gasteiger partial charge in [0, 0.05) is 61.2 Å². The second kappa shape index (κ2) is 31.0. The van der Waals surface area contributed by atoms with Crippen molar-refractivity contribution in [3.05, 3.63) is 71.8 Å². The van der Waals surface area contributed by atoms with Crippen molar-refractivity contribution in [3.8, 4) is 0 Å². The molecule has 2 heterocycles. The molecule has 2 saturated heterocycles. The molecule has 0 saturated carbocycles. The number of nitrogens with one attached hydrogen (secondary N) is 4. The fourth-order valence-electron chi connectivity index (χ4n) is 10.6. The molecule has 454 valence electrons. The number of benzene rings is 2. The Morgan fingerprint density at radius 2 is 0.890 bits per heavy atom. The number of aliphatic hydroxyl groups excluding tert-OH is 1. The van der Waals surface area contributed by atoms with Crippen LogP contribution < -0.4 is 21.3 Å².